The molecule has 0 saturated carbocycles. The summed E-state index contributed by atoms with van der Waals surface area (Å²) in [5.41, 5.74) is 5.83. The molecule has 0 aliphatic carbocycles. The Kier molecular flexibility index (Phi) is 7.11. The fourth-order valence-corrected chi connectivity index (χ4v) is 5.35. The number of alkyl carbamates (subject to hydrolysis) is 1. The number of carbonyl (C=O) groups excluding carboxylic acids is 2. The number of fused-ring (bicyclic) bond motifs is 1. The number of carboxylic acids is 1. The number of hydrogen-bond donors (Lipinski definition) is 3. The summed E-state index contributed by atoms with van der Waals surface area (Å²) >= 11 is 2.75. The molecule has 4 N–H and O–H groups in total. The van der Waals surface area contributed by atoms with Crippen LogP contribution in [-0.2, 0) is 20.9 Å². The minimum Gasteiger partial charge on any atom is -0.477 e. The van der Waals surface area contributed by atoms with Crippen molar-refractivity contribution in [2.75, 3.05) is 18.1 Å². The third kappa shape index (κ3) is 5.49. The molecule has 2 atom stereocenters. The lowest BCUT2D eigenvalue weighted by atomic mass is 10.0. The summed E-state index contributed by atoms with van der Waals surface area (Å²) < 4.78 is 6.77. The van der Waals surface area contributed by atoms with Crippen LogP contribution >= 0.6 is 23.5 Å². The van der Waals surface area contributed by atoms with Crippen molar-refractivity contribution in [3.05, 3.63) is 11.3 Å². The topological polar surface area (TPSA) is 166 Å². The van der Waals surface area contributed by atoms with Crippen LogP contribution in [0, 0.1) is 0 Å². The van der Waals surface area contributed by atoms with Crippen LogP contribution in [0.2, 0.25) is 0 Å². The highest BCUT2D eigenvalue weighted by Crippen LogP contribution is 2.40. The van der Waals surface area contributed by atoms with Gasteiger partial charge in [-0.15, -0.1) is 16.9 Å². The normalized spacial score (nSPS) is 20.9. The fourth-order valence-electron chi connectivity index (χ4n) is 3.02. The second-order valence-corrected chi connectivity index (χ2v) is 10.00. The van der Waals surface area contributed by atoms with Gasteiger partial charge in [-0.25, -0.2) is 14.3 Å². The Morgan fingerprint density at radius 2 is 2.16 bits per heavy atom. The van der Waals surface area contributed by atoms with Crippen molar-refractivity contribution in [3.63, 3.8) is 0 Å². The predicted octanol–water partition coefficient (Wildman–Crippen LogP) is 0.261. The van der Waals surface area contributed by atoms with Crippen LogP contribution in [0.5, 0.6) is 0 Å². The first-order chi connectivity index (χ1) is 14.6. The number of hydrogen-bond acceptors (Lipinski definition) is 10. The van der Waals surface area contributed by atoms with E-state index in [-0.39, 0.29) is 17.0 Å². The van der Waals surface area contributed by atoms with Gasteiger partial charge in [0.2, 0.25) is 11.1 Å². The van der Waals surface area contributed by atoms with Crippen LogP contribution in [-0.4, -0.2) is 83.3 Å². The van der Waals surface area contributed by atoms with Gasteiger partial charge in [-0.05, 0) is 43.2 Å². The zero-order valence-corrected chi connectivity index (χ0v) is 19.0. The number of carbonyl (C=O) groups is 3. The van der Waals surface area contributed by atoms with Crippen molar-refractivity contribution in [1.29, 1.82) is 0 Å². The molecule has 2 amide bonds. The van der Waals surface area contributed by atoms with Gasteiger partial charge in [0, 0.05) is 24.6 Å². The maximum Gasteiger partial charge on any atom is 0.407 e. The lowest BCUT2D eigenvalue weighted by Crippen LogP contribution is -2.68. The molecule has 1 saturated heterocycles. The number of tetrazole rings is 1. The number of rotatable bonds is 8. The molecule has 12 nitrogen and oxygen atoms in total. The first kappa shape index (κ1) is 23.3. The Balaban J connectivity index is 1.54. The van der Waals surface area contributed by atoms with Crippen molar-refractivity contribution in [2.24, 2.45) is 5.73 Å². The molecule has 1 fully saturated rings. The van der Waals surface area contributed by atoms with Gasteiger partial charge in [0.25, 0.3) is 0 Å². The largest absolute Gasteiger partial charge is 0.477 e. The lowest BCUT2D eigenvalue weighted by molar-refractivity contribution is -0.147. The molecule has 0 bridgehead atoms. The third-order valence-electron chi connectivity index (χ3n) is 4.38. The number of amides is 2. The number of aryl methyl sites for hydroxylation is 1. The molecule has 0 spiro atoms. The number of aliphatic carboxylic acids is 1. The van der Waals surface area contributed by atoms with E-state index >= 15 is 0 Å². The summed E-state index contributed by atoms with van der Waals surface area (Å²) in [6, 6.07) is -0.657. The van der Waals surface area contributed by atoms with E-state index in [9.17, 15) is 19.5 Å². The van der Waals surface area contributed by atoms with Crippen LogP contribution in [0.4, 0.5) is 4.79 Å². The quantitative estimate of drug-likeness (QED) is 0.270. The van der Waals surface area contributed by atoms with Gasteiger partial charge in [-0.3, -0.25) is 9.69 Å². The Labute approximate surface area is 187 Å². The zero-order chi connectivity index (χ0) is 22.8. The summed E-state index contributed by atoms with van der Waals surface area (Å²) in [6.45, 7) is 6.23. The summed E-state index contributed by atoms with van der Waals surface area (Å²) in [5, 5.41) is 24.1. The van der Waals surface area contributed by atoms with Gasteiger partial charge in [0.1, 0.15) is 22.7 Å². The minimum absolute atomic E-state index is 0.00327. The van der Waals surface area contributed by atoms with E-state index in [1.165, 1.54) is 28.4 Å². The lowest BCUT2D eigenvalue weighted by Gasteiger charge is -2.48. The predicted molar refractivity (Wildman–Crippen MR) is 113 cm³/mol. The van der Waals surface area contributed by atoms with Gasteiger partial charge in [0.05, 0.1) is 0 Å². The van der Waals surface area contributed by atoms with E-state index in [0.717, 1.165) is 0 Å². The molecule has 1 aromatic heterocycles. The zero-order valence-electron chi connectivity index (χ0n) is 17.4. The molecule has 0 aromatic carbocycles. The average Bonchev–Trinajstić information content (AvgIpc) is 3.14. The summed E-state index contributed by atoms with van der Waals surface area (Å²) in [4.78, 5) is 36.7. The van der Waals surface area contributed by atoms with Crippen LogP contribution in [0.15, 0.2) is 16.4 Å². The number of aromatic nitrogens is 4. The number of β-lactam (4-membered cyclic amide) rings is 1. The summed E-state index contributed by atoms with van der Waals surface area (Å²) in [5.74, 6) is -0.719. The van der Waals surface area contributed by atoms with Gasteiger partial charge < -0.3 is 20.9 Å². The first-order valence-electron chi connectivity index (χ1n) is 9.60. The second-order valence-electron chi connectivity index (χ2n) is 7.95. The molecule has 3 heterocycles. The Bertz CT molecular complexity index is 898. The molecule has 2 aliphatic heterocycles. The maximum atomic E-state index is 12.0. The van der Waals surface area contributed by atoms with Crippen molar-refractivity contribution in [3.8, 4) is 0 Å². The van der Waals surface area contributed by atoms with E-state index in [4.69, 9.17) is 10.5 Å². The number of nitrogens with one attached hydrogen (secondary N) is 1. The van der Waals surface area contributed by atoms with Gasteiger partial charge in [-0.1, -0.05) is 11.8 Å². The first-order valence-corrected chi connectivity index (χ1v) is 11.6. The molecule has 31 heavy (non-hydrogen) atoms. The standard InChI is InChI=1S/C17H25N7O5S2/c1-17(2,3)29-16(28)19-5-4-6-23-15(20-21-22-23)31-8-9-7-30-13-10(18)12(25)24(13)11(9)14(26)27/h10,13H,4-8,18H2,1-3H3,(H,19,28)(H,26,27)/t10?,13-/m0/s1. The molecule has 2 aliphatic rings. The van der Waals surface area contributed by atoms with Crippen molar-refractivity contribution in [1.82, 2.24) is 30.4 Å². The van der Waals surface area contributed by atoms with Gasteiger partial charge >= 0.3 is 12.1 Å². The Morgan fingerprint density at radius 3 is 2.84 bits per heavy atom. The van der Waals surface area contributed by atoms with E-state index in [1.54, 1.807) is 25.5 Å². The highest BCUT2D eigenvalue weighted by molar-refractivity contribution is 8.01. The van der Waals surface area contributed by atoms with Crippen LogP contribution in [0.3, 0.4) is 0 Å². The second kappa shape index (κ2) is 9.44. The van der Waals surface area contributed by atoms with Gasteiger partial charge in [0.15, 0.2) is 0 Å². The van der Waals surface area contributed by atoms with Crippen molar-refractivity contribution < 1.29 is 24.2 Å². The molecule has 3 rings (SSSR count). The number of thioether (sulfide) groups is 2. The molecular weight excluding hydrogens is 446 g/mol. The van der Waals surface area contributed by atoms with E-state index in [1.807, 2.05) is 0 Å². The summed E-state index contributed by atoms with van der Waals surface area (Å²) in [6.07, 6.45) is 0.0961. The Morgan fingerprint density at radius 1 is 1.42 bits per heavy atom. The van der Waals surface area contributed by atoms with Crippen LogP contribution < -0.4 is 11.1 Å². The minimum atomic E-state index is -1.14. The van der Waals surface area contributed by atoms with E-state index < -0.39 is 23.7 Å². The number of nitrogens with two attached hydrogens (primary N) is 1. The highest BCUT2D eigenvalue weighted by Gasteiger charge is 2.51. The third-order valence-corrected chi connectivity index (χ3v) is 6.78. The molecular formula is C17H25N7O5S2. The molecule has 14 heteroatoms. The van der Waals surface area contributed by atoms with E-state index in [0.29, 0.717) is 41.7 Å². The molecule has 0 radical (unpaired) electrons. The fraction of sp³-hybridized carbons (Fsp3) is 0.647. The van der Waals surface area contributed by atoms with Crippen molar-refractivity contribution in [2.45, 2.75) is 55.9 Å². The molecule has 1 unspecified atom stereocenters. The summed E-state index contributed by atoms with van der Waals surface area (Å²) in [7, 11) is 0. The number of ether oxygens (including phenoxy) is 1. The SMILES string of the molecule is CC(C)(C)OC(=O)NCCCn1nnnc1SCC1=C(C(=O)O)N2C(=O)C(N)[C@@H]2SC1. The number of nitrogens with zero attached hydrogens (tertiary/aromatic N) is 5. The van der Waals surface area contributed by atoms with Crippen LogP contribution in [0.1, 0.15) is 27.2 Å². The van der Waals surface area contributed by atoms with E-state index in [2.05, 4.69) is 20.8 Å². The Hall–Kier alpha value is -2.32. The highest BCUT2D eigenvalue weighted by atomic mass is 32.2. The maximum absolute atomic E-state index is 12.0. The number of carboxylic acid groups (broad SMARTS) is 1. The monoisotopic (exact) mass is 471 g/mol. The average molecular weight is 472 g/mol. The smallest absolute Gasteiger partial charge is 0.407 e. The van der Waals surface area contributed by atoms with Crippen molar-refractivity contribution >= 4 is 41.5 Å². The molecule has 1 aromatic rings. The molecule has 170 valence electrons. The van der Waals surface area contributed by atoms with Crippen LogP contribution in [0.25, 0.3) is 0 Å². The van der Waals surface area contributed by atoms with Gasteiger partial charge in [-0.2, -0.15) is 0 Å².